The van der Waals surface area contributed by atoms with Crippen LogP contribution in [0.4, 0.5) is 0 Å². The number of hydrogen-bond donors (Lipinski definition) is 1. The van der Waals surface area contributed by atoms with Gasteiger partial charge in [-0.3, -0.25) is 4.89 Å². The lowest BCUT2D eigenvalue weighted by Gasteiger charge is -1.91. The van der Waals surface area contributed by atoms with E-state index in [0.29, 0.717) is 0 Å². The van der Waals surface area contributed by atoms with Crippen LogP contribution in [-0.2, 0) is 9.68 Å². The third kappa shape index (κ3) is 3.02. The largest absolute Gasteiger partial charge is 0.366 e. The van der Waals surface area contributed by atoms with E-state index in [1.807, 2.05) is 0 Å². The topological polar surface area (TPSA) is 46.5 Å². The Labute approximate surface area is 56.8 Å². The normalized spacial score (nSPS) is 9.14. The summed E-state index contributed by atoms with van der Waals surface area (Å²) in [5.41, 5.74) is 0. The fourth-order valence-corrected chi connectivity index (χ4v) is 0.207. The van der Waals surface area contributed by atoms with Crippen LogP contribution in [0, 0.1) is 0 Å². The Kier molecular flexibility index (Phi) is 3.59. The van der Waals surface area contributed by atoms with Crippen molar-refractivity contribution < 1.29 is 14.9 Å². The predicted molar refractivity (Wildman–Crippen MR) is 30.4 cm³/mol. The highest BCUT2D eigenvalue weighted by molar-refractivity contribution is 9.25. The summed E-state index contributed by atoms with van der Waals surface area (Å²) in [5.74, 6) is -0.764. The lowest BCUT2D eigenvalue weighted by atomic mass is 10.8. The number of halogens is 2. The third-order valence-electron chi connectivity index (χ3n) is 0.268. The summed E-state index contributed by atoms with van der Waals surface area (Å²) in [6.07, 6.45) is 0. The molecule has 0 amide bonds. The summed E-state index contributed by atoms with van der Waals surface area (Å²) >= 11 is 5.56. The number of carbonyl (C=O) groups is 1. The molecule has 1 N–H and O–H groups in total. The zero-order valence-corrected chi connectivity index (χ0v) is 6.27. The Morgan fingerprint density at radius 3 is 2.14 bits per heavy atom. The summed E-state index contributed by atoms with van der Waals surface area (Å²) in [4.78, 5) is 13.2. The number of carbonyl (C=O) groups excluding carboxylic acids is 1. The van der Waals surface area contributed by atoms with Crippen LogP contribution in [0.5, 0.6) is 0 Å². The van der Waals surface area contributed by atoms with Gasteiger partial charge in [-0.1, -0.05) is 31.9 Å². The fraction of sp³-hybridized carbons (Fsp3) is 0.500. The molecule has 0 bridgehead atoms. The van der Waals surface area contributed by atoms with Crippen molar-refractivity contribution in [1.29, 1.82) is 0 Å². The average molecular weight is 234 g/mol. The summed E-state index contributed by atoms with van der Waals surface area (Å²) in [5, 5.41) is 7.60. The van der Waals surface area contributed by atoms with Crippen LogP contribution in [0.15, 0.2) is 0 Å². The van der Waals surface area contributed by atoms with Crippen LogP contribution in [0.3, 0.4) is 0 Å². The molecule has 0 saturated heterocycles. The maximum Gasteiger partial charge on any atom is 0.366 e. The van der Waals surface area contributed by atoms with Crippen LogP contribution in [0.1, 0.15) is 0 Å². The van der Waals surface area contributed by atoms with Crippen LogP contribution in [0.2, 0.25) is 0 Å². The Hall–Kier alpha value is 0.390. The standard InChI is InChI=1S/C2H2Br2O3/c3-1(4)2(5)7-6/h1,6H. The lowest BCUT2D eigenvalue weighted by molar-refractivity contribution is -0.231. The summed E-state index contributed by atoms with van der Waals surface area (Å²) in [7, 11) is 0. The number of hydrogen-bond acceptors (Lipinski definition) is 3. The number of alkyl halides is 2. The molecule has 0 atom stereocenters. The third-order valence-corrected chi connectivity index (χ3v) is 1.02. The van der Waals surface area contributed by atoms with Crippen LogP contribution >= 0.6 is 31.9 Å². The van der Waals surface area contributed by atoms with E-state index in [0.717, 1.165) is 0 Å². The van der Waals surface area contributed by atoms with Gasteiger partial charge in [0.15, 0.2) is 3.74 Å². The van der Waals surface area contributed by atoms with E-state index in [9.17, 15) is 4.79 Å². The van der Waals surface area contributed by atoms with Gasteiger partial charge in [0.1, 0.15) is 0 Å². The van der Waals surface area contributed by atoms with Gasteiger partial charge >= 0.3 is 5.97 Å². The molecular weight excluding hydrogens is 232 g/mol. The van der Waals surface area contributed by atoms with Gasteiger partial charge in [-0.25, -0.2) is 4.79 Å². The SMILES string of the molecule is O=C(OO)C(Br)Br. The van der Waals surface area contributed by atoms with Crippen LogP contribution in [-0.4, -0.2) is 15.0 Å². The second-order valence-electron chi connectivity index (χ2n) is 0.711. The van der Waals surface area contributed by atoms with Gasteiger partial charge in [0.25, 0.3) is 0 Å². The van der Waals surface area contributed by atoms with Crippen molar-refractivity contribution in [1.82, 2.24) is 0 Å². The molecule has 0 aromatic heterocycles. The first kappa shape index (κ1) is 7.39. The van der Waals surface area contributed by atoms with Gasteiger partial charge in [0.05, 0.1) is 0 Å². The molecule has 3 nitrogen and oxygen atoms in total. The first-order valence-corrected chi connectivity index (χ1v) is 3.15. The highest BCUT2D eigenvalue weighted by Crippen LogP contribution is 2.08. The van der Waals surface area contributed by atoms with Gasteiger partial charge in [-0.05, 0) is 0 Å². The molecule has 0 radical (unpaired) electrons. The molecule has 0 fully saturated rings. The molecule has 0 unspecified atom stereocenters. The molecule has 0 saturated carbocycles. The van der Waals surface area contributed by atoms with E-state index in [1.54, 1.807) is 0 Å². The van der Waals surface area contributed by atoms with E-state index in [4.69, 9.17) is 5.26 Å². The summed E-state index contributed by atoms with van der Waals surface area (Å²) < 4.78 is -0.620. The molecule has 0 spiro atoms. The second-order valence-corrected chi connectivity index (χ2v) is 3.77. The van der Waals surface area contributed by atoms with Gasteiger partial charge in [-0.2, -0.15) is 5.26 Å². The Bertz CT molecular complexity index is 71.3. The van der Waals surface area contributed by atoms with Crippen molar-refractivity contribution in [3.8, 4) is 0 Å². The quantitative estimate of drug-likeness (QED) is 0.420. The van der Waals surface area contributed by atoms with Gasteiger partial charge in [0, 0.05) is 0 Å². The fourth-order valence-electron chi connectivity index (χ4n) is 0.0398. The van der Waals surface area contributed by atoms with Crippen molar-refractivity contribution in [2.24, 2.45) is 0 Å². The minimum absolute atomic E-state index is 0.620. The molecule has 0 aromatic rings. The molecule has 0 rings (SSSR count). The average Bonchev–Trinajstić information content (AvgIpc) is 1.65. The molecule has 0 heterocycles. The number of rotatable bonds is 1. The Morgan fingerprint density at radius 1 is 1.71 bits per heavy atom. The van der Waals surface area contributed by atoms with E-state index in [1.165, 1.54) is 0 Å². The molecule has 0 aliphatic carbocycles. The first-order valence-electron chi connectivity index (χ1n) is 1.32. The van der Waals surface area contributed by atoms with Crippen molar-refractivity contribution in [2.45, 2.75) is 3.74 Å². The second kappa shape index (κ2) is 3.40. The first-order chi connectivity index (χ1) is 3.18. The van der Waals surface area contributed by atoms with E-state index >= 15 is 0 Å². The monoisotopic (exact) mass is 232 g/mol. The predicted octanol–water partition coefficient (Wildman–Crippen LogP) is 1.12. The Balaban J connectivity index is 3.35. The highest BCUT2D eigenvalue weighted by atomic mass is 79.9. The van der Waals surface area contributed by atoms with E-state index in [2.05, 4.69) is 36.7 Å². The van der Waals surface area contributed by atoms with Crippen LogP contribution in [0.25, 0.3) is 0 Å². The molecule has 0 aliphatic heterocycles. The lowest BCUT2D eigenvalue weighted by Crippen LogP contribution is -2.07. The highest BCUT2D eigenvalue weighted by Gasteiger charge is 2.10. The molecule has 0 aliphatic rings. The molecule has 42 valence electrons. The van der Waals surface area contributed by atoms with Crippen LogP contribution < -0.4 is 0 Å². The smallest absolute Gasteiger partial charge is 0.299 e. The summed E-state index contributed by atoms with van der Waals surface area (Å²) in [6, 6.07) is 0. The van der Waals surface area contributed by atoms with Gasteiger partial charge in [0.2, 0.25) is 0 Å². The van der Waals surface area contributed by atoms with Gasteiger partial charge in [-0.15, -0.1) is 0 Å². The van der Waals surface area contributed by atoms with Crippen molar-refractivity contribution in [3.05, 3.63) is 0 Å². The molecule has 7 heavy (non-hydrogen) atoms. The van der Waals surface area contributed by atoms with E-state index < -0.39 is 9.71 Å². The van der Waals surface area contributed by atoms with E-state index in [-0.39, 0.29) is 0 Å². The van der Waals surface area contributed by atoms with Crippen molar-refractivity contribution >= 4 is 37.8 Å². The van der Waals surface area contributed by atoms with Crippen molar-refractivity contribution in [2.75, 3.05) is 0 Å². The molecule has 5 heteroatoms. The zero-order chi connectivity index (χ0) is 5.86. The Morgan fingerprint density at radius 2 is 2.14 bits per heavy atom. The maximum atomic E-state index is 9.95. The minimum Gasteiger partial charge on any atom is -0.299 e. The maximum absolute atomic E-state index is 9.95. The minimum atomic E-state index is -0.764. The molecule has 0 aromatic carbocycles. The van der Waals surface area contributed by atoms with Crippen molar-refractivity contribution in [3.63, 3.8) is 0 Å². The summed E-state index contributed by atoms with van der Waals surface area (Å²) in [6.45, 7) is 0. The van der Waals surface area contributed by atoms with Gasteiger partial charge < -0.3 is 0 Å². The zero-order valence-electron chi connectivity index (χ0n) is 3.10. The molecular formula is C2H2Br2O3.